The van der Waals surface area contributed by atoms with Crippen LogP contribution in [0.15, 0.2) is 158 Å². The third-order valence-corrected chi connectivity index (χ3v) is 9.99. The number of rotatable bonds is 3. The van der Waals surface area contributed by atoms with Gasteiger partial charge in [0.05, 0.1) is 0 Å². The molecule has 0 saturated carbocycles. The van der Waals surface area contributed by atoms with E-state index in [9.17, 15) is 0 Å². The first kappa shape index (κ1) is 24.4. The Labute approximate surface area is 254 Å². The first-order valence-corrected chi connectivity index (χ1v) is 15.6. The van der Waals surface area contributed by atoms with Crippen molar-refractivity contribution in [2.75, 3.05) is 0 Å². The normalized spacial score (nSPS) is 11.7. The molecule has 0 aliphatic heterocycles. The molecule has 0 bridgehead atoms. The Morgan fingerprint density at radius 3 is 1.60 bits per heavy atom. The quantitative estimate of drug-likeness (QED) is 0.188. The van der Waals surface area contributed by atoms with Gasteiger partial charge in [0.1, 0.15) is 0 Å². The molecule has 0 aliphatic carbocycles. The van der Waals surface area contributed by atoms with Crippen LogP contribution in [0.1, 0.15) is 0 Å². The van der Waals surface area contributed by atoms with Gasteiger partial charge in [0.15, 0.2) is 0 Å². The second-order valence-corrected chi connectivity index (χ2v) is 12.3. The van der Waals surface area contributed by atoms with Gasteiger partial charge < -0.3 is 0 Å². The molecule has 0 spiro atoms. The molecule has 0 unspecified atom stereocenters. The summed E-state index contributed by atoms with van der Waals surface area (Å²) < 4.78 is 2.65. The van der Waals surface area contributed by atoms with Crippen molar-refractivity contribution in [2.45, 2.75) is 0 Å². The van der Waals surface area contributed by atoms with Gasteiger partial charge in [0, 0.05) is 20.2 Å². The minimum Gasteiger partial charge on any atom is -0.135 e. The highest BCUT2D eigenvalue weighted by molar-refractivity contribution is 7.25. The molecule has 0 aliphatic rings. The van der Waals surface area contributed by atoms with Crippen molar-refractivity contribution in [3.05, 3.63) is 158 Å². The molecule has 0 nitrogen and oxygen atoms in total. The van der Waals surface area contributed by atoms with Crippen molar-refractivity contribution < 1.29 is 0 Å². The van der Waals surface area contributed by atoms with Crippen LogP contribution in [0.4, 0.5) is 0 Å². The van der Waals surface area contributed by atoms with E-state index >= 15 is 0 Å². The van der Waals surface area contributed by atoms with E-state index in [1.165, 1.54) is 85.9 Å². The molecule has 9 rings (SSSR count). The van der Waals surface area contributed by atoms with E-state index in [4.69, 9.17) is 0 Å². The third kappa shape index (κ3) is 3.82. The van der Waals surface area contributed by atoms with Gasteiger partial charge in [-0.25, -0.2) is 0 Å². The van der Waals surface area contributed by atoms with Crippen LogP contribution in [0.5, 0.6) is 0 Å². The molecule has 0 fully saturated rings. The number of fused-ring (bicyclic) bond motifs is 6. The zero-order valence-corrected chi connectivity index (χ0v) is 24.2. The van der Waals surface area contributed by atoms with Crippen molar-refractivity contribution in [3.8, 4) is 33.4 Å². The lowest BCUT2D eigenvalue weighted by atomic mass is 9.86. The Morgan fingerprint density at radius 1 is 0.302 bits per heavy atom. The molecule has 0 N–H and O–H groups in total. The molecule has 1 aromatic heterocycles. The summed E-state index contributed by atoms with van der Waals surface area (Å²) in [5, 5.41) is 10.4. The van der Waals surface area contributed by atoms with Gasteiger partial charge in [-0.1, -0.05) is 140 Å². The van der Waals surface area contributed by atoms with Gasteiger partial charge in [-0.3, -0.25) is 0 Å². The van der Waals surface area contributed by atoms with Crippen molar-refractivity contribution >= 4 is 63.8 Å². The lowest BCUT2D eigenvalue weighted by molar-refractivity contribution is 1.66. The highest BCUT2D eigenvalue weighted by Crippen LogP contribution is 2.45. The lowest BCUT2D eigenvalue weighted by Gasteiger charge is -2.17. The van der Waals surface area contributed by atoms with Crippen LogP contribution in [0.25, 0.3) is 85.9 Å². The Hall–Kier alpha value is -5.24. The zero-order valence-electron chi connectivity index (χ0n) is 23.4. The standard InChI is InChI=1S/C42H26S/c1-2-12-28(13-3-1)41-34-16-6-8-18-36(34)42(37-19-9-7-17-35(37)41)30-22-24-39-38(25-30)33-23-21-29(26-40(33)43-39)32-20-10-14-27-11-4-5-15-31(27)32/h1-26H. The van der Waals surface area contributed by atoms with Crippen LogP contribution in [0.3, 0.4) is 0 Å². The summed E-state index contributed by atoms with van der Waals surface area (Å²) in [4.78, 5) is 0. The molecule has 0 saturated heterocycles. The molecular formula is C42H26S. The zero-order chi connectivity index (χ0) is 28.3. The number of thiophene rings is 1. The van der Waals surface area contributed by atoms with Crippen molar-refractivity contribution in [1.82, 2.24) is 0 Å². The van der Waals surface area contributed by atoms with Crippen LogP contribution < -0.4 is 0 Å². The van der Waals surface area contributed by atoms with E-state index < -0.39 is 0 Å². The Bertz CT molecular complexity index is 2440. The predicted octanol–water partition coefficient (Wildman–Crippen LogP) is 12.5. The van der Waals surface area contributed by atoms with Gasteiger partial charge in [-0.2, -0.15) is 0 Å². The van der Waals surface area contributed by atoms with Crippen LogP contribution in [0.2, 0.25) is 0 Å². The Balaban J connectivity index is 1.27. The van der Waals surface area contributed by atoms with Crippen molar-refractivity contribution in [1.29, 1.82) is 0 Å². The molecular weight excluding hydrogens is 537 g/mol. The molecule has 0 atom stereocenters. The largest absolute Gasteiger partial charge is 0.135 e. The molecule has 1 heteroatoms. The summed E-state index contributed by atoms with van der Waals surface area (Å²) in [5.74, 6) is 0. The van der Waals surface area contributed by atoms with Crippen LogP contribution in [-0.4, -0.2) is 0 Å². The molecule has 200 valence electrons. The van der Waals surface area contributed by atoms with E-state index in [1.54, 1.807) is 0 Å². The summed E-state index contributed by atoms with van der Waals surface area (Å²) in [6.07, 6.45) is 0. The molecule has 1 heterocycles. The predicted molar refractivity (Wildman–Crippen MR) is 188 cm³/mol. The van der Waals surface area contributed by atoms with Crippen molar-refractivity contribution in [2.24, 2.45) is 0 Å². The maximum atomic E-state index is 2.42. The van der Waals surface area contributed by atoms with Crippen LogP contribution >= 0.6 is 11.3 Å². The monoisotopic (exact) mass is 562 g/mol. The summed E-state index contributed by atoms with van der Waals surface area (Å²) in [7, 11) is 0. The van der Waals surface area contributed by atoms with Gasteiger partial charge in [0.2, 0.25) is 0 Å². The first-order chi connectivity index (χ1) is 21.3. The van der Waals surface area contributed by atoms with Crippen molar-refractivity contribution in [3.63, 3.8) is 0 Å². The highest BCUT2D eigenvalue weighted by Gasteiger charge is 2.17. The van der Waals surface area contributed by atoms with Gasteiger partial charge >= 0.3 is 0 Å². The first-order valence-electron chi connectivity index (χ1n) is 14.8. The fourth-order valence-electron chi connectivity index (χ4n) is 6.93. The lowest BCUT2D eigenvalue weighted by Crippen LogP contribution is -1.90. The molecule has 9 aromatic rings. The summed E-state index contributed by atoms with van der Waals surface area (Å²) in [6.45, 7) is 0. The van der Waals surface area contributed by atoms with Crippen LogP contribution in [0, 0.1) is 0 Å². The molecule has 43 heavy (non-hydrogen) atoms. The van der Waals surface area contributed by atoms with E-state index in [0.717, 1.165) is 0 Å². The molecule has 8 aromatic carbocycles. The second kappa shape index (κ2) is 9.66. The average Bonchev–Trinajstić information content (AvgIpc) is 3.44. The summed E-state index contributed by atoms with van der Waals surface area (Å²) >= 11 is 1.89. The smallest absolute Gasteiger partial charge is 0.0361 e. The van der Waals surface area contributed by atoms with E-state index in [-0.39, 0.29) is 0 Å². The number of hydrogen-bond donors (Lipinski definition) is 0. The van der Waals surface area contributed by atoms with E-state index in [2.05, 4.69) is 158 Å². The second-order valence-electron chi connectivity index (χ2n) is 11.3. The molecule has 0 radical (unpaired) electrons. The fraction of sp³-hybridized carbons (Fsp3) is 0. The van der Waals surface area contributed by atoms with E-state index in [0.29, 0.717) is 0 Å². The SMILES string of the molecule is c1ccc(-c2c3ccccc3c(-c3ccc4sc5cc(-c6cccc7ccccc67)ccc5c4c3)c3ccccc23)cc1. The maximum absolute atomic E-state index is 2.42. The van der Waals surface area contributed by atoms with Crippen LogP contribution in [-0.2, 0) is 0 Å². The van der Waals surface area contributed by atoms with Gasteiger partial charge in [0.25, 0.3) is 0 Å². The van der Waals surface area contributed by atoms with E-state index in [1.807, 2.05) is 11.3 Å². The minimum atomic E-state index is 1.25. The Kier molecular flexibility index (Phi) is 5.47. The van der Waals surface area contributed by atoms with Gasteiger partial charge in [-0.05, 0) is 83.9 Å². The van der Waals surface area contributed by atoms with Gasteiger partial charge in [-0.15, -0.1) is 11.3 Å². The minimum absolute atomic E-state index is 1.25. The fourth-order valence-corrected chi connectivity index (χ4v) is 8.06. The highest BCUT2D eigenvalue weighted by atomic mass is 32.1. The maximum Gasteiger partial charge on any atom is 0.0361 e. The molecule has 0 amide bonds. The third-order valence-electron chi connectivity index (χ3n) is 8.85. The number of benzene rings is 8. The average molecular weight is 563 g/mol. The number of hydrogen-bond acceptors (Lipinski definition) is 1. The summed E-state index contributed by atoms with van der Waals surface area (Å²) in [5.41, 5.74) is 7.68. The Morgan fingerprint density at radius 2 is 0.884 bits per heavy atom. The topological polar surface area (TPSA) is 0 Å². The summed E-state index contributed by atoms with van der Waals surface area (Å²) in [6, 6.07) is 57.9.